The monoisotopic (exact) mass is 191 g/mol. The second-order valence-electron chi connectivity index (χ2n) is 2.97. The fourth-order valence-electron chi connectivity index (χ4n) is 1.30. The zero-order valence-electron chi connectivity index (χ0n) is 7.73. The lowest BCUT2D eigenvalue weighted by Gasteiger charge is -2.13. The number of nitrogens with two attached hydrogens (primary N) is 2. The number of rotatable bonds is 4. The molecule has 0 radical (unpaired) electrons. The lowest BCUT2D eigenvalue weighted by Crippen LogP contribution is -2.31. The summed E-state index contributed by atoms with van der Waals surface area (Å²) in [4.78, 5) is 11.4. The van der Waals surface area contributed by atoms with E-state index in [1.807, 2.05) is 6.07 Å². The molecule has 0 saturated carbocycles. The van der Waals surface area contributed by atoms with Crippen LogP contribution in [-0.4, -0.2) is 18.2 Å². The van der Waals surface area contributed by atoms with E-state index in [1.165, 1.54) is 0 Å². The fourth-order valence-corrected chi connectivity index (χ4v) is 1.30. The zero-order valence-corrected chi connectivity index (χ0v) is 7.73. The average Bonchev–Trinajstić information content (AvgIpc) is 2.19. The molecule has 0 bridgehead atoms. The first kappa shape index (κ1) is 10.4. The highest BCUT2D eigenvalue weighted by atomic mass is 16.1. The molecular formula is C10H13N3O. The van der Waals surface area contributed by atoms with E-state index < -0.39 is 5.92 Å². The van der Waals surface area contributed by atoms with Crippen molar-refractivity contribution in [1.82, 2.24) is 0 Å². The molecule has 1 unspecified atom stereocenters. The van der Waals surface area contributed by atoms with Crippen LogP contribution in [0.4, 0.5) is 0 Å². The number of ketones is 1. The van der Waals surface area contributed by atoms with Crippen LogP contribution in [-0.2, 0) is 4.79 Å². The smallest absolute Gasteiger partial charge is 0.161 e. The molecule has 0 aliphatic heterocycles. The number of hydrogen-bond donors (Lipinski definition) is 3. The van der Waals surface area contributed by atoms with E-state index >= 15 is 0 Å². The predicted molar refractivity (Wildman–Crippen MR) is 55.2 cm³/mol. The Morgan fingerprint density at radius 3 is 2.36 bits per heavy atom. The lowest BCUT2D eigenvalue weighted by atomic mass is 9.94. The number of benzene rings is 1. The van der Waals surface area contributed by atoms with Crippen LogP contribution in [0.15, 0.2) is 30.3 Å². The van der Waals surface area contributed by atoms with Crippen LogP contribution in [0.3, 0.4) is 0 Å². The Balaban J connectivity index is 3.01. The van der Waals surface area contributed by atoms with Gasteiger partial charge in [0.05, 0.1) is 6.54 Å². The van der Waals surface area contributed by atoms with Crippen molar-refractivity contribution in [3.05, 3.63) is 35.9 Å². The summed E-state index contributed by atoms with van der Waals surface area (Å²) in [5.41, 5.74) is 11.3. The van der Waals surface area contributed by atoms with Crippen molar-refractivity contribution >= 4 is 11.6 Å². The van der Waals surface area contributed by atoms with Gasteiger partial charge >= 0.3 is 0 Å². The predicted octanol–water partition coefficient (Wildman–Crippen LogP) is 0.234. The molecule has 14 heavy (non-hydrogen) atoms. The lowest BCUT2D eigenvalue weighted by molar-refractivity contribution is -0.117. The molecule has 1 aromatic rings. The van der Waals surface area contributed by atoms with Gasteiger partial charge in [-0.25, -0.2) is 0 Å². The molecule has 5 N–H and O–H groups in total. The molecule has 1 rings (SSSR count). The van der Waals surface area contributed by atoms with E-state index in [9.17, 15) is 4.79 Å². The number of amidine groups is 1. The Labute approximate surface area is 82.4 Å². The van der Waals surface area contributed by atoms with E-state index in [4.69, 9.17) is 16.9 Å². The standard InChI is InChI=1S/C10H13N3O/c11-6-8(14)9(10(12)13)7-4-2-1-3-5-7/h1-5,9H,6,11H2,(H3,12,13). The topological polar surface area (TPSA) is 93.0 Å². The molecular weight excluding hydrogens is 178 g/mol. The largest absolute Gasteiger partial charge is 0.387 e. The Kier molecular flexibility index (Phi) is 3.36. The van der Waals surface area contributed by atoms with Crippen molar-refractivity contribution in [3.63, 3.8) is 0 Å². The van der Waals surface area contributed by atoms with E-state index in [-0.39, 0.29) is 18.2 Å². The first-order valence-corrected chi connectivity index (χ1v) is 4.28. The van der Waals surface area contributed by atoms with Crippen LogP contribution in [0.2, 0.25) is 0 Å². The van der Waals surface area contributed by atoms with Crippen molar-refractivity contribution in [2.45, 2.75) is 5.92 Å². The molecule has 74 valence electrons. The highest BCUT2D eigenvalue weighted by Crippen LogP contribution is 2.15. The van der Waals surface area contributed by atoms with Gasteiger partial charge in [0.2, 0.25) is 0 Å². The Morgan fingerprint density at radius 1 is 1.36 bits per heavy atom. The molecule has 4 heteroatoms. The number of carbonyl (C=O) groups excluding carboxylic acids is 1. The maximum atomic E-state index is 11.4. The minimum Gasteiger partial charge on any atom is -0.387 e. The summed E-state index contributed by atoms with van der Waals surface area (Å²) in [7, 11) is 0. The van der Waals surface area contributed by atoms with Crippen LogP contribution in [0.5, 0.6) is 0 Å². The number of hydrogen-bond acceptors (Lipinski definition) is 3. The summed E-state index contributed by atoms with van der Waals surface area (Å²) in [5, 5.41) is 7.32. The molecule has 0 fully saturated rings. The Hall–Kier alpha value is -1.68. The normalized spacial score (nSPS) is 12.1. The van der Waals surface area contributed by atoms with Crippen molar-refractivity contribution < 1.29 is 4.79 Å². The van der Waals surface area contributed by atoms with Crippen molar-refractivity contribution in [2.24, 2.45) is 11.5 Å². The summed E-state index contributed by atoms with van der Waals surface area (Å²) < 4.78 is 0. The second-order valence-corrected chi connectivity index (χ2v) is 2.97. The summed E-state index contributed by atoms with van der Waals surface area (Å²) in [6.45, 7) is -0.0981. The summed E-state index contributed by atoms with van der Waals surface area (Å²) in [6.07, 6.45) is 0. The van der Waals surface area contributed by atoms with Gasteiger partial charge < -0.3 is 11.5 Å². The molecule has 0 spiro atoms. The van der Waals surface area contributed by atoms with Gasteiger partial charge in [0, 0.05) is 0 Å². The molecule has 1 atom stereocenters. The van der Waals surface area contributed by atoms with Gasteiger partial charge in [0.25, 0.3) is 0 Å². The van der Waals surface area contributed by atoms with Gasteiger partial charge in [-0.1, -0.05) is 30.3 Å². The molecule has 0 saturated heterocycles. The molecule has 0 heterocycles. The quantitative estimate of drug-likeness (QED) is 0.470. The minimum atomic E-state index is -0.693. The summed E-state index contributed by atoms with van der Waals surface area (Å²) in [6, 6.07) is 8.97. The SMILES string of the molecule is N=C(N)C(C(=O)CN)c1ccccc1. The second kappa shape index (κ2) is 4.53. The van der Waals surface area contributed by atoms with Gasteiger partial charge in [0.15, 0.2) is 5.78 Å². The molecule has 0 aromatic heterocycles. The van der Waals surface area contributed by atoms with Crippen LogP contribution >= 0.6 is 0 Å². The van der Waals surface area contributed by atoms with Crippen molar-refractivity contribution in [3.8, 4) is 0 Å². The number of nitrogens with one attached hydrogen (secondary N) is 1. The fraction of sp³-hybridized carbons (Fsp3) is 0.200. The number of carbonyl (C=O) groups is 1. The maximum absolute atomic E-state index is 11.4. The highest BCUT2D eigenvalue weighted by molar-refractivity contribution is 6.07. The van der Waals surface area contributed by atoms with E-state index in [0.29, 0.717) is 0 Å². The zero-order chi connectivity index (χ0) is 10.6. The van der Waals surface area contributed by atoms with Crippen LogP contribution in [0.1, 0.15) is 11.5 Å². The molecule has 0 aliphatic rings. The van der Waals surface area contributed by atoms with Gasteiger partial charge in [-0.2, -0.15) is 0 Å². The number of Topliss-reactive ketones (excluding diaryl/α,β-unsaturated/α-hetero) is 1. The Morgan fingerprint density at radius 2 is 1.93 bits per heavy atom. The first-order valence-electron chi connectivity index (χ1n) is 4.28. The van der Waals surface area contributed by atoms with Crippen LogP contribution in [0.25, 0.3) is 0 Å². The first-order chi connectivity index (χ1) is 6.66. The van der Waals surface area contributed by atoms with Gasteiger partial charge in [-0.05, 0) is 5.56 Å². The third kappa shape index (κ3) is 2.17. The molecule has 1 aromatic carbocycles. The molecule has 4 nitrogen and oxygen atoms in total. The third-order valence-corrected chi connectivity index (χ3v) is 1.97. The average molecular weight is 191 g/mol. The van der Waals surface area contributed by atoms with Gasteiger partial charge in [0.1, 0.15) is 11.8 Å². The summed E-state index contributed by atoms with van der Waals surface area (Å²) in [5.74, 6) is -1.09. The van der Waals surface area contributed by atoms with E-state index in [0.717, 1.165) is 5.56 Å². The Bertz CT molecular complexity index is 334. The van der Waals surface area contributed by atoms with Crippen molar-refractivity contribution in [2.75, 3.05) is 6.54 Å². The van der Waals surface area contributed by atoms with Gasteiger partial charge in [-0.15, -0.1) is 0 Å². The highest BCUT2D eigenvalue weighted by Gasteiger charge is 2.21. The maximum Gasteiger partial charge on any atom is 0.161 e. The van der Waals surface area contributed by atoms with Crippen molar-refractivity contribution in [1.29, 1.82) is 5.41 Å². The van der Waals surface area contributed by atoms with E-state index in [1.54, 1.807) is 24.3 Å². The molecule has 0 aliphatic carbocycles. The third-order valence-electron chi connectivity index (χ3n) is 1.97. The molecule has 0 amide bonds. The summed E-state index contributed by atoms with van der Waals surface area (Å²) >= 11 is 0. The van der Waals surface area contributed by atoms with Crippen LogP contribution < -0.4 is 11.5 Å². The van der Waals surface area contributed by atoms with Gasteiger partial charge in [-0.3, -0.25) is 10.2 Å². The van der Waals surface area contributed by atoms with Crippen LogP contribution in [0, 0.1) is 5.41 Å². The minimum absolute atomic E-state index is 0.0981. The van der Waals surface area contributed by atoms with E-state index in [2.05, 4.69) is 0 Å².